The maximum absolute atomic E-state index is 12.4. The molecule has 3 N–H and O–H groups in total. The summed E-state index contributed by atoms with van der Waals surface area (Å²) in [6.07, 6.45) is 2.18. The average Bonchev–Trinajstić information content (AvgIpc) is 3.13. The fraction of sp³-hybridized carbons (Fsp3) is 0.462. The van der Waals surface area contributed by atoms with E-state index in [2.05, 4.69) is 5.32 Å². The van der Waals surface area contributed by atoms with Crippen molar-refractivity contribution in [2.24, 2.45) is 11.7 Å². The number of carbonyl (C=O) groups excluding carboxylic acids is 1. The summed E-state index contributed by atoms with van der Waals surface area (Å²) in [5, 5.41) is 2.51. The maximum atomic E-state index is 12.4. The van der Waals surface area contributed by atoms with Crippen LogP contribution in [0.2, 0.25) is 0 Å². The number of carbonyl (C=O) groups is 1. The highest BCUT2D eigenvalue weighted by Crippen LogP contribution is 2.40. The van der Waals surface area contributed by atoms with Crippen LogP contribution in [0.25, 0.3) is 0 Å². The number of amides is 1. The number of benzene rings is 1. The molecule has 0 saturated heterocycles. The molecule has 1 fully saturated rings. The third-order valence-electron chi connectivity index (χ3n) is 3.04. The summed E-state index contributed by atoms with van der Waals surface area (Å²) in [6, 6.07) is 5.65. The molecular weight excluding hydrogens is 289 g/mol. The minimum atomic E-state index is -4.38. The van der Waals surface area contributed by atoms with Crippen LogP contribution in [0, 0.1) is 5.92 Å². The first-order valence-electron chi connectivity index (χ1n) is 6.25. The van der Waals surface area contributed by atoms with Gasteiger partial charge in [-0.25, -0.2) is 0 Å². The summed E-state index contributed by atoms with van der Waals surface area (Å²) in [6.45, 7) is 0. The number of para-hydroxylation sites is 1. The van der Waals surface area contributed by atoms with Crippen LogP contribution >= 0.6 is 11.8 Å². The van der Waals surface area contributed by atoms with Gasteiger partial charge in [0.15, 0.2) is 0 Å². The van der Waals surface area contributed by atoms with Crippen molar-refractivity contribution in [1.82, 2.24) is 0 Å². The highest BCUT2D eigenvalue weighted by Gasteiger charge is 2.32. The molecule has 2 rings (SSSR count). The van der Waals surface area contributed by atoms with Gasteiger partial charge in [-0.3, -0.25) is 4.79 Å². The number of nitrogens with two attached hydrogens (primary N) is 1. The second-order valence-corrected chi connectivity index (χ2v) is 5.90. The predicted molar refractivity (Wildman–Crippen MR) is 72.3 cm³/mol. The molecule has 7 heteroatoms. The number of alkyl halides is 3. The zero-order chi connectivity index (χ0) is 14.8. The van der Waals surface area contributed by atoms with Crippen LogP contribution < -0.4 is 11.1 Å². The summed E-state index contributed by atoms with van der Waals surface area (Å²) in [7, 11) is 0. The molecule has 110 valence electrons. The molecule has 0 aliphatic heterocycles. The van der Waals surface area contributed by atoms with Gasteiger partial charge < -0.3 is 11.1 Å². The Labute approximate surface area is 119 Å². The van der Waals surface area contributed by atoms with E-state index in [1.54, 1.807) is 6.07 Å². The monoisotopic (exact) mass is 304 g/mol. The van der Waals surface area contributed by atoms with Gasteiger partial charge in [-0.15, -0.1) is 0 Å². The number of hydrogen-bond donors (Lipinski definition) is 2. The fourth-order valence-corrected chi connectivity index (χ4v) is 2.51. The molecule has 1 aliphatic rings. The van der Waals surface area contributed by atoms with Crippen molar-refractivity contribution in [3.8, 4) is 0 Å². The van der Waals surface area contributed by atoms with Gasteiger partial charge in [-0.1, -0.05) is 12.1 Å². The smallest absolute Gasteiger partial charge is 0.327 e. The predicted octanol–water partition coefficient (Wildman–Crippen LogP) is 3.36. The highest BCUT2D eigenvalue weighted by atomic mass is 32.2. The van der Waals surface area contributed by atoms with Crippen molar-refractivity contribution in [1.29, 1.82) is 0 Å². The summed E-state index contributed by atoms with van der Waals surface area (Å²) in [5.74, 6) is 0.0279. The highest BCUT2D eigenvalue weighted by molar-refractivity contribution is 8.00. The number of anilines is 1. The van der Waals surface area contributed by atoms with Gasteiger partial charge >= 0.3 is 5.51 Å². The minimum absolute atomic E-state index is 0.0201. The van der Waals surface area contributed by atoms with Crippen LogP contribution in [0.3, 0.4) is 0 Å². The normalized spacial score (nSPS) is 16.8. The Hall–Kier alpha value is -1.21. The van der Waals surface area contributed by atoms with Gasteiger partial charge in [-0.05, 0) is 42.7 Å². The van der Waals surface area contributed by atoms with Crippen molar-refractivity contribution in [3.63, 3.8) is 0 Å². The SMILES string of the molecule is NC(CC(=O)Nc1ccccc1SC(F)(F)F)C1CC1. The molecule has 1 aromatic carbocycles. The molecule has 1 unspecified atom stereocenters. The van der Waals surface area contributed by atoms with E-state index in [1.165, 1.54) is 18.2 Å². The Bertz CT molecular complexity index is 489. The van der Waals surface area contributed by atoms with Gasteiger partial charge in [-0.2, -0.15) is 13.2 Å². The Morgan fingerprint density at radius 3 is 2.65 bits per heavy atom. The average molecular weight is 304 g/mol. The van der Waals surface area contributed by atoms with Crippen molar-refractivity contribution in [2.75, 3.05) is 5.32 Å². The number of thioether (sulfide) groups is 1. The van der Waals surface area contributed by atoms with Crippen molar-refractivity contribution in [3.05, 3.63) is 24.3 Å². The van der Waals surface area contributed by atoms with Crippen LogP contribution in [0.4, 0.5) is 18.9 Å². The third-order valence-corrected chi connectivity index (χ3v) is 3.84. The second-order valence-electron chi connectivity index (χ2n) is 4.80. The van der Waals surface area contributed by atoms with Crippen LogP contribution in [0.5, 0.6) is 0 Å². The van der Waals surface area contributed by atoms with Gasteiger partial charge in [0.25, 0.3) is 0 Å². The fourth-order valence-electron chi connectivity index (χ4n) is 1.89. The first-order chi connectivity index (χ1) is 9.35. The first-order valence-corrected chi connectivity index (χ1v) is 7.07. The molecule has 1 amide bonds. The minimum Gasteiger partial charge on any atom is -0.327 e. The summed E-state index contributed by atoms with van der Waals surface area (Å²) < 4.78 is 37.2. The van der Waals surface area contributed by atoms with E-state index in [-0.39, 0.29) is 40.7 Å². The summed E-state index contributed by atoms with van der Waals surface area (Å²) in [5.41, 5.74) is 1.61. The molecular formula is C13H15F3N2OS. The van der Waals surface area contributed by atoms with Crippen molar-refractivity contribution in [2.45, 2.75) is 35.7 Å². The topological polar surface area (TPSA) is 55.1 Å². The van der Waals surface area contributed by atoms with Gasteiger partial charge in [0.1, 0.15) is 0 Å². The molecule has 1 saturated carbocycles. The summed E-state index contributed by atoms with van der Waals surface area (Å²) in [4.78, 5) is 11.8. The largest absolute Gasteiger partial charge is 0.446 e. The van der Waals surface area contributed by atoms with Gasteiger partial charge in [0.2, 0.25) is 5.91 Å². The molecule has 0 bridgehead atoms. The van der Waals surface area contributed by atoms with E-state index in [9.17, 15) is 18.0 Å². The lowest BCUT2D eigenvalue weighted by molar-refractivity contribution is -0.116. The van der Waals surface area contributed by atoms with E-state index < -0.39 is 5.51 Å². The Balaban J connectivity index is 1.99. The van der Waals surface area contributed by atoms with Crippen LogP contribution in [0.15, 0.2) is 29.2 Å². The van der Waals surface area contributed by atoms with E-state index in [0.29, 0.717) is 5.92 Å². The quantitative estimate of drug-likeness (QED) is 0.820. The Kier molecular flexibility index (Phi) is 4.59. The van der Waals surface area contributed by atoms with Crippen LogP contribution in [0.1, 0.15) is 19.3 Å². The summed E-state index contributed by atoms with van der Waals surface area (Å²) >= 11 is -0.239. The lowest BCUT2D eigenvalue weighted by Crippen LogP contribution is -2.29. The van der Waals surface area contributed by atoms with Crippen molar-refractivity contribution < 1.29 is 18.0 Å². The van der Waals surface area contributed by atoms with E-state index in [0.717, 1.165) is 12.8 Å². The standard InChI is InChI=1S/C13H15F3N2OS/c14-13(15,16)20-11-4-2-1-3-10(11)18-12(19)7-9(17)8-5-6-8/h1-4,8-9H,5-7,17H2,(H,18,19). The third kappa shape index (κ3) is 4.72. The van der Waals surface area contributed by atoms with E-state index >= 15 is 0 Å². The zero-order valence-electron chi connectivity index (χ0n) is 10.6. The lowest BCUT2D eigenvalue weighted by atomic mass is 10.1. The van der Waals surface area contributed by atoms with Gasteiger partial charge in [0, 0.05) is 17.4 Å². The molecule has 20 heavy (non-hydrogen) atoms. The van der Waals surface area contributed by atoms with Crippen LogP contribution in [-0.2, 0) is 4.79 Å². The number of nitrogens with one attached hydrogen (secondary N) is 1. The van der Waals surface area contributed by atoms with Gasteiger partial charge in [0.05, 0.1) is 5.69 Å². The molecule has 1 aliphatic carbocycles. The maximum Gasteiger partial charge on any atom is 0.446 e. The zero-order valence-corrected chi connectivity index (χ0v) is 11.4. The first kappa shape index (κ1) is 15.2. The lowest BCUT2D eigenvalue weighted by Gasteiger charge is -2.14. The Morgan fingerprint density at radius 1 is 1.40 bits per heavy atom. The molecule has 0 aromatic heterocycles. The van der Waals surface area contributed by atoms with E-state index in [1.807, 2.05) is 0 Å². The number of rotatable bonds is 5. The molecule has 0 heterocycles. The molecule has 1 atom stereocenters. The Morgan fingerprint density at radius 2 is 2.05 bits per heavy atom. The van der Waals surface area contributed by atoms with E-state index in [4.69, 9.17) is 5.73 Å². The van der Waals surface area contributed by atoms with Crippen LogP contribution in [-0.4, -0.2) is 17.5 Å². The molecule has 1 aromatic rings. The van der Waals surface area contributed by atoms with Crippen molar-refractivity contribution >= 4 is 23.4 Å². The number of hydrogen-bond acceptors (Lipinski definition) is 3. The number of halogens is 3. The molecule has 3 nitrogen and oxygen atoms in total. The second kappa shape index (κ2) is 6.05. The molecule has 0 radical (unpaired) electrons. The molecule has 0 spiro atoms.